The fourth-order valence-electron chi connectivity index (χ4n) is 6.42. The number of nitrogens with one attached hydrogen (secondary N) is 1. The molecular weight excluding hydrogens is 610 g/mol. The number of carbonyl (C=O) groups is 1. The molecule has 0 aromatic rings. The lowest BCUT2D eigenvalue weighted by molar-refractivity contribution is -0.302. The van der Waals surface area contributed by atoms with Gasteiger partial charge in [-0.25, -0.2) is 0 Å². The third-order valence-corrected chi connectivity index (χ3v) is 9.64. The largest absolute Gasteiger partial charge is 0.394 e. The number of ether oxygens (including phenoxy) is 3. The smallest absolute Gasteiger partial charge is 0.220 e. The number of aliphatic hydroxyl groups excluding tert-OH is 4. The zero-order valence-corrected chi connectivity index (χ0v) is 31.1. The molecule has 1 saturated heterocycles. The summed E-state index contributed by atoms with van der Waals surface area (Å²) in [6.07, 6.45) is 25.4. The van der Waals surface area contributed by atoms with Crippen molar-refractivity contribution < 1.29 is 39.4 Å². The molecule has 0 aliphatic carbocycles. The van der Waals surface area contributed by atoms with Crippen molar-refractivity contribution >= 4 is 5.91 Å². The van der Waals surface area contributed by atoms with Gasteiger partial charge in [0.1, 0.15) is 24.4 Å². The second-order valence-corrected chi connectivity index (χ2v) is 14.3. The number of carbonyl (C=O) groups excluding carboxylic acids is 1. The Morgan fingerprint density at radius 2 is 1.04 bits per heavy atom. The lowest BCUT2D eigenvalue weighted by atomic mass is 9.99. The third kappa shape index (κ3) is 23.6. The van der Waals surface area contributed by atoms with Gasteiger partial charge < -0.3 is 40.0 Å². The minimum Gasteiger partial charge on any atom is -0.394 e. The van der Waals surface area contributed by atoms with Gasteiger partial charge in [-0.1, -0.05) is 162 Å². The van der Waals surface area contributed by atoms with Crippen LogP contribution in [0.15, 0.2) is 0 Å². The molecule has 1 amide bonds. The molecule has 1 aliphatic rings. The van der Waals surface area contributed by atoms with E-state index >= 15 is 0 Å². The summed E-state index contributed by atoms with van der Waals surface area (Å²) < 4.78 is 17.1. The van der Waals surface area contributed by atoms with Gasteiger partial charge in [-0.05, 0) is 12.8 Å². The first-order valence-corrected chi connectivity index (χ1v) is 20.2. The van der Waals surface area contributed by atoms with Crippen LogP contribution in [-0.2, 0) is 19.0 Å². The first kappa shape index (κ1) is 45.2. The number of aliphatic hydroxyl groups is 4. The van der Waals surface area contributed by atoms with Gasteiger partial charge >= 0.3 is 0 Å². The summed E-state index contributed by atoms with van der Waals surface area (Å²) in [4.78, 5) is 12.8. The number of hydrogen-bond acceptors (Lipinski definition) is 8. The van der Waals surface area contributed by atoms with Crippen LogP contribution < -0.4 is 5.32 Å². The van der Waals surface area contributed by atoms with E-state index in [-0.39, 0.29) is 19.1 Å². The molecule has 9 heteroatoms. The predicted octanol–water partition coefficient (Wildman–Crippen LogP) is 7.49. The Morgan fingerprint density at radius 3 is 1.50 bits per heavy atom. The fraction of sp³-hybridized carbons (Fsp3) is 0.974. The molecule has 1 unspecified atom stereocenters. The summed E-state index contributed by atoms with van der Waals surface area (Å²) >= 11 is 0. The molecule has 0 aromatic carbocycles. The van der Waals surface area contributed by atoms with Crippen LogP contribution in [0.25, 0.3) is 0 Å². The van der Waals surface area contributed by atoms with Crippen LogP contribution in [0.4, 0.5) is 0 Å². The first-order chi connectivity index (χ1) is 23.4. The summed E-state index contributed by atoms with van der Waals surface area (Å²) in [7, 11) is 0. The number of unbranched alkanes of at least 4 members (excludes halogenated alkanes) is 23. The molecule has 0 saturated carbocycles. The van der Waals surface area contributed by atoms with Crippen LogP contribution in [0.3, 0.4) is 0 Å². The van der Waals surface area contributed by atoms with Crippen molar-refractivity contribution in [2.45, 2.75) is 218 Å². The second kappa shape index (κ2) is 32.1. The normalized spacial score (nSPS) is 21.8. The molecule has 0 bridgehead atoms. The molecule has 1 heterocycles. The molecule has 286 valence electrons. The van der Waals surface area contributed by atoms with E-state index in [9.17, 15) is 25.2 Å². The fourth-order valence-corrected chi connectivity index (χ4v) is 6.42. The Kier molecular flexibility index (Phi) is 30.3. The molecular formula is C39H77NO8. The first-order valence-electron chi connectivity index (χ1n) is 20.2. The highest BCUT2D eigenvalue weighted by Gasteiger charge is 2.44. The SMILES string of the molecule is CCCCCCCCCCCCCCCCCC(=O)NC(COCCCCCCCCCCCC)CO[C@@H]1O[C@H](CO)[C@H](O)[C@H](O)[C@H]1O. The van der Waals surface area contributed by atoms with Crippen LogP contribution in [0.1, 0.15) is 181 Å². The van der Waals surface area contributed by atoms with Crippen molar-refractivity contribution in [3.05, 3.63) is 0 Å². The molecule has 1 fully saturated rings. The van der Waals surface area contributed by atoms with Crippen LogP contribution in [0.5, 0.6) is 0 Å². The maximum absolute atomic E-state index is 12.8. The Bertz CT molecular complexity index is 711. The highest BCUT2D eigenvalue weighted by molar-refractivity contribution is 5.76. The molecule has 0 aromatic heterocycles. The van der Waals surface area contributed by atoms with E-state index in [4.69, 9.17) is 14.2 Å². The average Bonchev–Trinajstić information content (AvgIpc) is 3.08. The maximum Gasteiger partial charge on any atom is 0.220 e. The average molecular weight is 688 g/mol. The van der Waals surface area contributed by atoms with E-state index in [0.29, 0.717) is 13.0 Å². The van der Waals surface area contributed by atoms with E-state index in [1.54, 1.807) is 0 Å². The van der Waals surface area contributed by atoms with Gasteiger partial charge in [0.15, 0.2) is 6.29 Å². The zero-order chi connectivity index (χ0) is 35.1. The van der Waals surface area contributed by atoms with Crippen molar-refractivity contribution in [3.63, 3.8) is 0 Å². The summed E-state index contributed by atoms with van der Waals surface area (Å²) in [6.45, 7) is 4.85. The van der Waals surface area contributed by atoms with E-state index in [0.717, 1.165) is 32.1 Å². The molecule has 0 radical (unpaired) electrons. The standard InChI is InChI=1S/C39H77NO8/c1-3-5-7-9-11-13-15-16-17-18-19-20-22-24-26-28-35(42)40-33(31-46-29-27-25-23-21-14-12-10-8-6-4-2)32-47-39-38(45)37(44)36(43)34(30-41)48-39/h33-34,36-39,41,43-45H,3-32H2,1-2H3,(H,40,42)/t33?,34-,36+,37+,38-,39-/m1/s1. The van der Waals surface area contributed by atoms with Crippen molar-refractivity contribution in [3.8, 4) is 0 Å². The van der Waals surface area contributed by atoms with Gasteiger partial charge in [0.25, 0.3) is 0 Å². The lowest BCUT2D eigenvalue weighted by Gasteiger charge is -2.40. The topological polar surface area (TPSA) is 138 Å². The molecule has 1 rings (SSSR count). The molecule has 6 atom stereocenters. The van der Waals surface area contributed by atoms with Crippen molar-refractivity contribution in [2.75, 3.05) is 26.4 Å². The Labute approximate surface area is 294 Å². The van der Waals surface area contributed by atoms with Gasteiger partial charge in [0.2, 0.25) is 5.91 Å². The summed E-state index contributed by atoms with van der Waals surface area (Å²) in [6, 6.07) is -0.454. The van der Waals surface area contributed by atoms with Crippen molar-refractivity contribution in [1.29, 1.82) is 0 Å². The van der Waals surface area contributed by atoms with Crippen LogP contribution in [0.2, 0.25) is 0 Å². The Hall–Kier alpha value is -0.810. The minimum absolute atomic E-state index is 0.00528. The molecule has 5 N–H and O–H groups in total. The quantitative estimate of drug-likeness (QED) is 0.0439. The van der Waals surface area contributed by atoms with Gasteiger partial charge in [-0.3, -0.25) is 4.79 Å². The van der Waals surface area contributed by atoms with E-state index < -0.39 is 43.4 Å². The van der Waals surface area contributed by atoms with Crippen LogP contribution in [0, 0.1) is 0 Å². The predicted molar refractivity (Wildman–Crippen MR) is 194 cm³/mol. The highest BCUT2D eigenvalue weighted by Crippen LogP contribution is 2.22. The number of amides is 1. The summed E-state index contributed by atoms with van der Waals surface area (Å²) in [5.41, 5.74) is 0. The zero-order valence-electron chi connectivity index (χ0n) is 31.1. The number of rotatable bonds is 34. The van der Waals surface area contributed by atoms with Crippen LogP contribution in [-0.4, -0.2) is 89.5 Å². The Morgan fingerprint density at radius 1 is 0.604 bits per heavy atom. The molecule has 48 heavy (non-hydrogen) atoms. The van der Waals surface area contributed by atoms with Gasteiger partial charge in [0, 0.05) is 13.0 Å². The number of hydrogen-bond donors (Lipinski definition) is 5. The van der Waals surface area contributed by atoms with Crippen LogP contribution >= 0.6 is 0 Å². The molecule has 9 nitrogen and oxygen atoms in total. The van der Waals surface area contributed by atoms with E-state index in [1.165, 1.54) is 128 Å². The maximum atomic E-state index is 12.8. The summed E-state index contributed by atoms with van der Waals surface area (Å²) in [5.74, 6) is -0.0605. The third-order valence-electron chi connectivity index (χ3n) is 9.64. The summed E-state index contributed by atoms with van der Waals surface area (Å²) in [5, 5.41) is 43.0. The molecule has 1 aliphatic heterocycles. The van der Waals surface area contributed by atoms with Gasteiger partial charge in [-0.2, -0.15) is 0 Å². The molecule has 0 spiro atoms. The second-order valence-electron chi connectivity index (χ2n) is 14.3. The van der Waals surface area contributed by atoms with Gasteiger partial charge in [0.05, 0.1) is 25.9 Å². The monoisotopic (exact) mass is 688 g/mol. The van der Waals surface area contributed by atoms with Crippen molar-refractivity contribution in [2.24, 2.45) is 0 Å². The van der Waals surface area contributed by atoms with E-state index in [2.05, 4.69) is 19.2 Å². The van der Waals surface area contributed by atoms with Crippen molar-refractivity contribution in [1.82, 2.24) is 5.32 Å². The van der Waals surface area contributed by atoms with E-state index in [1.807, 2.05) is 0 Å². The lowest BCUT2D eigenvalue weighted by Crippen LogP contribution is -2.59. The van der Waals surface area contributed by atoms with Gasteiger partial charge in [-0.15, -0.1) is 0 Å². The Balaban J connectivity index is 2.29. The highest BCUT2D eigenvalue weighted by atomic mass is 16.7. The minimum atomic E-state index is -1.51.